The van der Waals surface area contributed by atoms with Crippen molar-refractivity contribution >= 4 is 27.3 Å². The fraction of sp³-hybridized carbons (Fsp3) is 0.571. The number of benzene rings is 1. The molecule has 1 fully saturated rings. The first-order valence-corrected chi connectivity index (χ1v) is 8.85. The molecule has 112 valence electrons. The summed E-state index contributed by atoms with van der Waals surface area (Å²) < 4.78 is 27.2. The zero-order valence-electron chi connectivity index (χ0n) is 11.7. The summed E-state index contributed by atoms with van der Waals surface area (Å²) in [6, 6.07) is 4.68. The van der Waals surface area contributed by atoms with Gasteiger partial charge in [-0.2, -0.15) is 4.31 Å². The Bertz CT molecular complexity index is 569. The van der Waals surface area contributed by atoms with Crippen LogP contribution in [0.1, 0.15) is 39.0 Å². The van der Waals surface area contributed by atoms with E-state index in [0.717, 1.165) is 25.7 Å². The Morgan fingerprint density at radius 3 is 2.55 bits per heavy atom. The third-order valence-electron chi connectivity index (χ3n) is 3.84. The molecule has 1 aliphatic rings. The summed E-state index contributed by atoms with van der Waals surface area (Å²) >= 11 is 6.06. The average molecular weight is 317 g/mol. The van der Waals surface area contributed by atoms with Crippen molar-refractivity contribution in [3.05, 3.63) is 23.2 Å². The summed E-state index contributed by atoms with van der Waals surface area (Å²) in [6.07, 6.45) is 5.20. The van der Waals surface area contributed by atoms with Crippen LogP contribution in [0.25, 0.3) is 0 Å². The molecule has 0 aromatic heterocycles. The van der Waals surface area contributed by atoms with Crippen molar-refractivity contribution in [3.8, 4) is 0 Å². The second-order valence-electron chi connectivity index (χ2n) is 5.19. The average Bonchev–Trinajstić information content (AvgIpc) is 2.43. The van der Waals surface area contributed by atoms with Crippen LogP contribution in [-0.4, -0.2) is 25.3 Å². The Labute approximate surface area is 126 Å². The fourth-order valence-electron chi connectivity index (χ4n) is 2.84. The van der Waals surface area contributed by atoms with Crippen LogP contribution in [0.5, 0.6) is 0 Å². The van der Waals surface area contributed by atoms with Gasteiger partial charge >= 0.3 is 0 Å². The van der Waals surface area contributed by atoms with Gasteiger partial charge in [0, 0.05) is 18.3 Å². The molecule has 4 nitrogen and oxygen atoms in total. The molecule has 1 aromatic rings. The molecule has 0 heterocycles. The molecule has 0 unspecified atom stereocenters. The van der Waals surface area contributed by atoms with Crippen molar-refractivity contribution in [2.24, 2.45) is 0 Å². The third-order valence-corrected chi connectivity index (χ3v) is 6.34. The summed E-state index contributed by atoms with van der Waals surface area (Å²) in [5.41, 5.74) is 6.11. The van der Waals surface area contributed by atoms with E-state index >= 15 is 0 Å². The van der Waals surface area contributed by atoms with Crippen LogP contribution in [0.2, 0.25) is 5.02 Å². The molecule has 1 aliphatic carbocycles. The van der Waals surface area contributed by atoms with E-state index < -0.39 is 10.0 Å². The topological polar surface area (TPSA) is 63.4 Å². The number of nitrogen functional groups attached to an aromatic ring is 1. The quantitative estimate of drug-likeness (QED) is 0.867. The molecule has 6 heteroatoms. The molecule has 0 aliphatic heterocycles. The Morgan fingerprint density at radius 2 is 1.95 bits per heavy atom. The van der Waals surface area contributed by atoms with Crippen molar-refractivity contribution in [1.82, 2.24) is 4.31 Å². The van der Waals surface area contributed by atoms with Crippen LogP contribution < -0.4 is 5.73 Å². The molecule has 0 radical (unpaired) electrons. The van der Waals surface area contributed by atoms with Gasteiger partial charge in [0.15, 0.2) is 0 Å². The largest absolute Gasteiger partial charge is 0.399 e. The highest BCUT2D eigenvalue weighted by atomic mass is 35.5. The predicted molar refractivity (Wildman–Crippen MR) is 82.3 cm³/mol. The van der Waals surface area contributed by atoms with Crippen LogP contribution in [0, 0.1) is 0 Å². The van der Waals surface area contributed by atoms with Gasteiger partial charge in [-0.15, -0.1) is 0 Å². The van der Waals surface area contributed by atoms with Crippen LogP contribution >= 0.6 is 11.6 Å². The SMILES string of the molecule is CCN(C1CCCCC1)S(=O)(=O)c1cc(N)ccc1Cl. The Morgan fingerprint density at radius 1 is 1.30 bits per heavy atom. The lowest BCUT2D eigenvalue weighted by molar-refractivity contribution is 0.261. The molecule has 0 amide bonds. The number of hydrogen-bond acceptors (Lipinski definition) is 3. The molecular weight excluding hydrogens is 296 g/mol. The number of nitrogens with two attached hydrogens (primary N) is 1. The zero-order valence-corrected chi connectivity index (χ0v) is 13.3. The fourth-order valence-corrected chi connectivity index (χ4v) is 5.04. The van der Waals surface area contributed by atoms with Crippen molar-refractivity contribution in [2.45, 2.75) is 50.0 Å². The molecule has 0 spiro atoms. The second-order valence-corrected chi connectivity index (χ2v) is 7.46. The molecule has 1 aromatic carbocycles. The minimum Gasteiger partial charge on any atom is -0.399 e. The van der Waals surface area contributed by atoms with Gasteiger partial charge in [-0.3, -0.25) is 0 Å². The molecule has 0 atom stereocenters. The molecule has 20 heavy (non-hydrogen) atoms. The van der Waals surface area contributed by atoms with Gasteiger partial charge in [0.25, 0.3) is 0 Å². The van der Waals surface area contributed by atoms with Gasteiger partial charge in [0.2, 0.25) is 10.0 Å². The summed E-state index contributed by atoms with van der Waals surface area (Å²) in [4.78, 5) is 0.117. The van der Waals surface area contributed by atoms with Crippen molar-refractivity contribution in [3.63, 3.8) is 0 Å². The van der Waals surface area contributed by atoms with Gasteiger partial charge < -0.3 is 5.73 Å². The molecule has 0 bridgehead atoms. The van der Waals surface area contributed by atoms with Crippen molar-refractivity contribution in [2.75, 3.05) is 12.3 Å². The first-order chi connectivity index (χ1) is 9.46. The minimum absolute atomic E-state index is 0.0799. The smallest absolute Gasteiger partial charge is 0.244 e. The monoisotopic (exact) mass is 316 g/mol. The first-order valence-electron chi connectivity index (χ1n) is 7.03. The standard InChI is InChI=1S/C14H21ClN2O2S/c1-2-17(12-6-4-3-5-7-12)20(18,19)14-10-11(16)8-9-13(14)15/h8-10,12H,2-7,16H2,1H3. The van der Waals surface area contributed by atoms with Crippen LogP contribution in [0.4, 0.5) is 5.69 Å². The maximum Gasteiger partial charge on any atom is 0.244 e. The first kappa shape index (κ1) is 15.6. The number of hydrogen-bond donors (Lipinski definition) is 1. The predicted octanol–water partition coefficient (Wildman–Crippen LogP) is 3.27. The summed E-state index contributed by atoms with van der Waals surface area (Å²) in [5, 5.41) is 0.230. The highest BCUT2D eigenvalue weighted by molar-refractivity contribution is 7.89. The number of sulfonamides is 1. The minimum atomic E-state index is -3.58. The van der Waals surface area contributed by atoms with Gasteiger partial charge in [-0.25, -0.2) is 8.42 Å². The molecule has 1 saturated carbocycles. The zero-order chi connectivity index (χ0) is 14.8. The van der Waals surface area contributed by atoms with E-state index in [4.69, 9.17) is 17.3 Å². The van der Waals surface area contributed by atoms with Gasteiger partial charge in [-0.05, 0) is 31.0 Å². The maximum absolute atomic E-state index is 12.8. The third kappa shape index (κ3) is 3.10. The normalized spacial score (nSPS) is 17.6. The lowest BCUT2D eigenvalue weighted by Crippen LogP contribution is -2.41. The Hall–Kier alpha value is -0.780. The lowest BCUT2D eigenvalue weighted by Gasteiger charge is -2.32. The van der Waals surface area contributed by atoms with E-state index in [1.54, 1.807) is 16.4 Å². The van der Waals surface area contributed by atoms with Crippen LogP contribution in [0.15, 0.2) is 23.1 Å². The van der Waals surface area contributed by atoms with Crippen LogP contribution in [0.3, 0.4) is 0 Å². The van der Waals surface area contributed by atoms with Gasteiger partial charge in [-0.1, -0.05) is 37.8 Å². The number of halogens is 1. The molecule has 2 N–H and O–H groups in total. The molecule has 2 rings (SSSR count). The number of anilines is 1. The number of nitrogens with zero attached hydrogens (tertiary/aromatic N) is 1. The highest BCUT2D eigenvalue weighted by Gasteiger charge is 2.32. The van der Waals surface area contributed by atoms with E-state index in [-0.39, 0.29) is 16.0 Å². The Balaban J connectivity index is 2.38. The van der Waals surface area contributed by atoms with Crippen molar-refractivity contribution in [1.29, 1.82) is 0 Å². The summed E-state index contributed by atoms with van der Waals surface area (Å²) in [6.45, 7) is 2.32. The summed E-state index contributed by atoms with van der Waals surface area (Å²) in [7, 11) is -3.58. The maximum atomic E-state index is 12.8. The second kappa shape index (κ2) is 6.33. The molecule has 0 saturated heterocycles. The van der Waals surface area contributed by atoms with E-state index in [2.05, 4.69) is 0 Å². The van der Waals surface area contributed by atoms with Crippen molar-refractivity contribution < 1.29 is 8.42 Å². The van der Waals surface area contributed by atoms with Gasteiger partial charge in [0.05, 0.1) is 5.02 Å². The number of rotatable bonds is 4. The van der Waals surface area contributed by atoms with E-state index in [1.807, 2.05) is 6.92 Å². The lowest BCUT2D eigenvalue weighted by atomic mass is 9.95. The molecular formula is C14H21ClN2O2S. The highest BCUT2D eigenvalue weighted by Crippen LogP contribution is 2.31. The summed E-state index contributed by atoms with van der Waals surface area (Å²) in [5.74, 6) is 0. The van der Waals surface area contributed by atoms with E-state index in [0.29, 0.717) is 12.2 Å². The Kier molecular flexibility index (Phi) is 4.94. The van der Waals surface area contributed by atoms with Crippen LogP contribution in [-0.2, 0) is 10.0 Å². The van der Waals surface area contributed by atoms with Gasteiger partial charge in [0.1, 0.15) is 4.90 Å². The van der Waals surface area contributed by atoms with E-state index in [1.165, 1.54) is 12.5 Å². The van der Waals surface area contributed by atoms with E-state index in [9.17, 15) is 8.42 Å².